The van der Waals surface area contributed by atoms with Gasteiger partial charge in [0.2, 0.25) is 11.8 Å². The molecule has 0 spiro atoms. The standard InChI is InChI=1S/C46H57N11O5/c1-46(2,3)57-44-38(42(47)50-27-51-44)39(53-57)40-37(41(62-54-40)30-10-11-30)43-48-23-31(24-49-43)32-25-56(26-32)36(59)9-7-5-4-6-8-20-55-21-18-29(19-22-55)28-12-14-33(15-13-28)61-34-16-17-35(58)52-45(34)60/h12-15,23-24,27,29-30,32,34H,4-11,16-22,25-26H2,1-3H3,(H2,47,50,51)(H,52,58,60). The van der Waals surface area contributed by atoms with Gasteiger partial charge < -0.3 is 24.8 Å². The average molecular weight is 844 g/mol. The summed E-state index contributed by atoms with van der Waals surface area (Å²) in [5.41, 5.74) is 10.8. The highest BCUT2D eigenvalue weighted by Crippen LogP contribution is 2.48. The van der Waals surface area contributed by atoms with Crippen LogP contribution in [0.2, 0.25) is 0 Å². The van der Waals surface area contributed by atoms with E-state index in [1.807, 2.05) is 34.1 Å². The van der Waals surface area contributed by atoms with Crippen molar-refractivity contribution in [3.05, 3.63) is 59.9 Å². The van der Waals surface area contributed by atoms with E-state index in [9.17, 15) is 14.4 Å². The van der Waals surface area contributed by atoms with Crippen LogP contribution in [0, 0.1) is 0 Å². The summed E-state index contributed by atoms with van der Waals surface area (Å²) < 4.78 is 13.7. The summed E-state index contributed by atoms with van der Waals surface area (Å²) in [6, 6.07) is 8.11. The minimum atomic E-state index is -0.613. The number of likely N-dealkylation sites (tertiary alicyclic amines) is 2. The number of nitrogens with two attached hydrogens (primary N) is 1. The number of carbonyl (C=O) groups is 3. The predicted molar refractivity (Wildman–Crippen MR) is 232 cm³/mol. The summed E-state index contributed by atoms with van der Waals surface area (Å²) in [6.07, 6.45) is 15.7. The first-order chi connectivity index (χ1) is 30.0. The van der Waals surface area contributed by atoms with Gasteiger partial charge in [-0.05, 0) is 108 Å². The first-order valence-electron chi connectivity index (χ1n) is 22.4. The third kappa shape index (κ3) is 8.92. The van der Waals surface area contributed by atoms with Gasteiger partial charge in [-0.25, -0.2) is 24.6 Å². The molecule has 1 atom stereocenters. The third-order valence-electron chi connectivity index (χ3n) is 12.9. The number of nitrogen functional groups attached to an aromatic ring is 1. The zero-order valence-corrected chi connectivity index (χ0v) is 36.0. The number of unbranched alkanes of at least 4 members (excludes halogenated alkanes) is 4. The van der Waals surface area contributed by atoms with Crippen molar-refractivity contribution in [1.29, 1.82) is 0 Å². The van der Waals surface area contributed by atoms with Gasteiger partial charge in [-0.15, -0.1) is 0 Å². The number of ether oxygens (including phenoxy) is 1. The third-order valence-corrected chi connectivity index (χ3v) is 12.9. The van der Waals surface area contributed by atoms with Gasteiger partial charge in [0.1, 0.15) is 29.3 Å². The van der Waals surface area contributed by atoms with Crippen molar-refractivity contribution in [2.45, 2.75) is 127 Å². The maximum absolute atomic E-state index is 13.0. The predicted octanol–water partition coefficient (Wildman–Crippen LogP) is 6.48. The number of piperidine rings is 2. The van der Waals surface area contributed by atoms with Crippen molar-refractivity contribution in [3.63, 3.8) is 0 Å². The summed E-state index contributed by atoms with van der Waals surface area (Å²) in [4.78, 5) is 59.4. The van der Waals surface area contributed by atoms with Crippen molar-refractivity contribution >= 4 is 34.6 Å². The summed E-state index contributed by atoms with van der Waals surface area (Å²) >= 11 is 0. The number of hydrogen-bond donors (Lipinski definition) is 2. The van der Waals surface area contributed by atoms with Crippen LogP contribution in [-0.4, -0.2) is 101 Å². The van der Waals surface area contributed by atoms with Crippen LogP contribution in [-0.2, 0) is 19.9 Å². The first-order valence-corrected chi connectivity index (χ1v) is 22.4. The first kappa shape index (κ1) is 41.6. The molecule has 16 heteroatoms. The van der Waals surface area contributed by atoms with Crippen LogP contribution in [0.1, 0.15) is 132 Å². The van der Waals surface area contributed by atoms with E-state index in [1.165, 1.54) is 24.7 Å². The molecule has 326 valence electrons. The normalized spacial score (nSPS) is 19.2. The fraction of sp³-hybridized carbons (Fsp3) is 0.543. The lowest BCUT2D eigenvalue weighted by molar-refractivity contribution is -0.139. The molecule has 0 radical (unpaired) electrons. The number of fused-ring (bicyclic) bond motifs is 1. The number of imide groups is 1. The smallest absolute Gasteiger partial charge is 0.267 e. The number of nitrogens with one attached hydrogen (secondary N) is 1. The van der Waals surface area contributed by atoms with Crippen molar-refractivity contribution in [2.75, 3.05) is 38.5 Å². The molecular weight excluding hydrogens is 787 g/mol. The van der Waals surface area contributed by atoms with E-state index in [-0.39, 0.29) is 35.1 Å². The molecule has 1 aliphatic carbocycles. The number of nitrogens with zero attached hydrogens (tertiary/aromatic N) is 9. The summed E-state index contributed by atoms with van der Waals surface area (Å²) in [5.74, 6) is 2.90. The maximum Gasteiger partial charge on any atom is 0.267 e. The molecule has 3 saturated heterocycles. The number of benzene rings is 1. The Hall–Kier alpha value is -5.77. The minimum absolute atomic E-state index is 0.207. The number of aromatic nitrogens is 7. The molecule has 62 heavy (non-hydrogen) atoms. The number of amides is 3. The molecule has 1 unspecified atom stereocenters. The quantitative estimate of drug-likeness (QED) is 0.0858. The van der Waals surface area contributed by atoms with Gasteiger partial charge in [0.15, 0.2) is 23.3 Å². The maximum atomic E-state index is 13.0. The molecule has 1 saturated carbocycles. The Balaban J connectivity index is 0.687. The highest BCUT2D eigenvalue weighted by atomic mass is 16.5. The van der Waals surface area contributed by atoms with Gasteiger partial charge in [0, 0.05) is 56.6 Å². The van der Waals surface area contributed by atoms with E-state index in [4.69, 9.17) is 30.1 Å². The molecular formula is C46H57N11O5. The summed E-state index contributed by atoms with van der Waals surface area (Å²) in [5, 5.41) is 12.4. The molecule has 1 aromatic carbocycles. The molecule has 3 N–H and O–H groups in total. The second-order valence-corrected chi connectivity index (χ2v) is 18.5. The highest BCUT2D eigenvalue weighted by Gasteiger charge is 2.37. The number of hydrogen-bond acceptors (Lipinski definition) is 13. The lowest BCUT2D eigenvalue weighted by Crippen LogP contribution is -2.48. The Labute approximate surface area is 361 Å². The molecule has 4 fully saturated rings. The SMILES string of the molecule is CC(C)(C)n1nc(-c2noc(C3CC3)c2-c2ncc(C3CN(C(=O)CCCCCCCN4CCC(c5ccc(OC6CCC(=O)NC6=O)cc5)CC4)C3)cn2)c2c(N)ncnc21. The molecule has 4 aliphatic rings. The van der Waals surface area contributed by atoms with Crippen LogP contribution in [0.5, 0.6) is 5.75 Å². The van der Waals surface area contributed by atoms with Gasteiger partial charge >= 0.3 is 0 Å². The van der Waals surface area contributed by atoms with Crippen molar-refractivity contribution < 1.29 is 23.6 Å². The van der Waals surface area contributed by atoms with Gasteiger partial charge in [0.25, 0.3) is 5.91 Å². The number of anilines is 1. The molecule has 0 bridgehead atoms. The van der Waals surface area contributed by atoms with Gasteiger partial charge in [-0.2, -0.15) is 5.10 Å². The summed E-state index contributed by atoms with van der Waals surface area (Å²) in [7, 11) is 0. The fourth-order valence-electron chi connectivity index (χ4n) is 9.04. The highest BCUT2D eigenvalue weighted by molar-refractivity contribution is 6.01. The average Bonchev–Trinajstić information content (AvgIpc) is 3.86. The number of rotatable bonds is 15. The van der Waals surface area contributed by atoms with Crippen LogP contribution in [0.3, 0.4) is 0 Å². The minimum Gasteiger partial charge on any atom is -0.481 e. The van der Waals surface area contributed by atoms with Crippen LogP contribution >= 0.6 is 0 Å². The summed E-state index contributed by atoms with van der Waals surface area (Å²) in [6.45, 7) is 10.9. The van der Waals surface area contributed by atoms with E-state index in [0.717, 1.165) is 81.5 Å². The van der Waals surface area contributed by atoms with Gasteiger partial charge in [-0.1, -0.05) is 36.6 Å². The Morgan fingerprint density at radius 3 is 2.29 bits per heavy atom. The topological polar surface area (TPSA) is 200 Å². The molecule has 9 rings (SSSR count). The Morgan fingerprint density at radius 2 is 1.58 bits per heavy atom. The monoisotopic (exact) mass is 843 g/mol. The Bertz CT molecular complexity index is 2400. The molecule has 4 aromatic heterocycles. The molecule has 3 amide bonds. The second-order valence-electron chi connectivity index (χ2n) is 18.5. The lowest BCUT2D eigenvalue weighted by atomic mass is 9.89. The van der Waals surface area contributed by atoms with Crippen molar-refractivity contribution in [2.24, 2.45) is 0 Å². The van der Waals surface area contributed by atoms with E-state index in [0.29, 0.717) is 78.1 Å². The van der Waals surface area contributed by atoms with E-state index in [1.54, 1.807) is 0 Å². The zero-order valence-electron chi connectivity index (χ0n) is 36.0. The fourth-order valence-corrected chi connectivity index (χ4v) is 9.04. The van der Waals surface area contributed by atoms with Crippen LogP contribution < -0.4 is 15.8 Å². The van der Waals surface area contributed by atoms with Gasteiger partial charge in [0.05, 0.1) is 16.5 Å². The van der Waals surface area contributed by atoms with Gasteiger partial charge in [-0.3, -0.25) is 19.7 Å². The Kier molecular flexibility index (Phi) is 11.8. The Morgan fingerprint density at radius 1 is 0.855 bits per heavy atom. The van der Waals surface area contributed by atoms with Crippen LogP contribution in [0.25, 0.3) is 33.8 Å². The van der Waals surface area contributed by atoms with Crippen LogP contribution in [0.4, 0.5) is 5.82 Å². The van der Waals surface area contributed by atoms with Crippen molar-refractivity contribution in [3.8, 4) is 28.5 Å². The van der Waals surface area contributed by atoms with E-state index < -0.39 is 6.10 Å². The van der Waals surface area contributed by atoms with E-state index in [2.05, 4.69) is 58.2 Å². The number of carbonyl (C=O) groups excluding carboxylic acids is 3. The van der Waals surface area contributed by atoms with Crippen LogP contribution in [0.15, 0.2) is 47.5 Å². The molecule has 3 aliphatic heterocycles. The van der Waals surface area contributed by atoms with E-state index >= 15 is 0 Å². The molecule has 16 nitrogen and oxygen atoms in total. The molecule has 7 heterocycles. The lowest BCUT2D eigenvalue weighted by Gasteiger charge is -2.39. The largest absolute Gasteiger partial charge is 0.481 e. The zero-order chi connectivity index (χ0) is 43.0. The van der Waals surface area contributed by atoms with Crippen molar-refractivity contribution in [1.82, 2.24) is 50.0 Å². The molecule has 5 aromatic rings. The second kappa shape index (κ2) is 17.5.